The van der Waals surface area contributed by atoms with Crippen LogP contribution in [0.1, 0.15) is 22.4 Å². The van der Waals surface area contributed by atoms with E-state index in [1.807, 2.05) is 32.0 Å². The first-order chi connectivity index (χ1) is 12.4. The number of hydrogen-bond acceptors (Lipinski definition) is 4. The Morgan fingerprint density at radius 1 is 1.35 bits per heavy atom. The second-order valence-corrected chi connectivity index (χ2v) is 7.98. The first kappa shape index (κ1) is 18.6. The molecule has 2 aromatic heterocycles. The van der Waals surface area contributed by atoms with Crippen LogP contribution in [0, 0.1) is 13.8 Å². The quantitative estimate of drug-likeness (QED) is 0.667. The summed E-state index contributed by atoms with van der Waals surface area (Å²) in [6.45, 7) is 4.72. The van der Waals surface area contributed by atoms with Gasteiger partial charge in [0.1, 0.15) is 4.83 Å². The third-order valence-corrected chi connectivity index (χ3v) is 5.81. The van der Waals surface area contributed by atoms with Crippen molar-refractivity contribution in [1.29, 1.82) is 0 Å². The SMILES string of the molecule is Cc1sc2ncn(CCC(=O)N(C)Cc3cccc(Cl)c3)c(=O)c2c1C. The second-order valence-electron chi connectivity index (χ2n) is 6.34. The van der Waals surface area contributed by atoms with Crippen molar-refractivity contribution in [2.45, 2.75) is 33.4 Å². The molecular formula is C19H20ClN3O2S. The molecule has 136 valence electrons. The fraction of sp³-hybridized carbons (Fsp3) is 0.316. The van der Waals surface area contributed by atoms with Gasteiger partial charge >= 0.3 is 0 Å². The molecule has 0 saturated carbocycles. The average molecular weight is 390 g/mol. The molecule has 0 N–H and O–H groups in total. The van der Waals surface area contributed by atoms with Crippen molar-refractivity contribution in [1.82, 2.24) is 14.5 Å². The molecule has 1 amide bonds. The van der Waals surface area contributed by atoms with Crippen molar-refractivity contribution in [3.63, 3.8) is 0 Å². The smallest absolute Gasteiger partial charge is 0.262 e. The number of carbonyl (C=O) groups excluding carboxylic acids is 1. The molecule has 0 atom stereocenters. The maximum absolute atomic E-state index is 12.7. The lowest BCUT2D eigenvalue weighted by Gasteiger charge is -2.17. The van der Waals surface area contributed by atoms with Gasteiger partial charge in [-0.25, -0.2) is 4.98 Å². The Hall–Kier alpha value is -2.18. The molecule has 2 heterocycles. The number of aryl methyl sites for hydroxylation is 3. The highest BCUT2D eigenvalue weighted by Gasteiger charge is 2.14. The Bertz CT molecular complexity index is 1030. The molecule has 0 aliphatic heterocycles. The summed E-state index contributed by atoms with van der Waals surface area (Å²) in [5.41, 5.74) is 1.86. The van der Waals surface area contributed by atoms with Crippen molar-refractivity contribution in [2.24, 2.45) is 0 Å². The summed E-state index contributed by atoms with van der Waals surface area (Å²) in [7, 11) is 1.75. The number of nitrogens with zero attached hydrogens (tertiary/aromatic N) is 3. The van der Waals surface area contributed by atoms with Gasteiger partial charge in [0.25, 0.3) is 5.56 Å². The van der Waals surface area contributed by atoms with E-state index in [4.69, 9.17) is 11.6 Å². The molecule has 0 bridgehead atoms. The lowest BCUT2D eigenvalue weighted by Crippen LogP contribution is -2.29. The lowest BCUT2D eigenvalue weighted by molar-refractivity contribution is -0.130. The van der Waals surface area contributed by atoms with Gasteiger partial charge in [-0.05, 0) is 37.1 Å². The molecule has 0 spiro atoms. The van der Waals surface area contributed by atoms with Crippen molar-refractivity contribution in [3.05, 3.63) is 62.0 Å². The van der Waals surface area contributed by atoms with Gasteiger partial charge in [0.2, 0.25) is 5.91 Å². The molecule has 0 radical (unpaired) electrons. The van der Waals surface area contributed by atoms with E-state index in [9.17, 15) is 9.59 Å². The molecule has 0 saturated heterocycles. The van der Waals surface area contributed by atoms with Gasteiger partial charge in [0, 0.05) is 36.5 Å². The normalized spacial score (nSPS) is 11.1. The zero-order valence-corrected chi connectivity index (χ0v) is 16.5. The number of hydrogen-bond donors (Lipinski definition) is 0. The molecule has 3 rings (SSSR count). The van der Waals surface area contributed by atoms with E-state index in [1.165, 1.54) is 22.2 Å². The van der Waals surface area contributed by atoms with Crippen LogP contribution >= 0.6 is 22.9 Å². The van der Waals surface area contributed by atoms with Gasteiger partial charge < -0.3 is 4.90 Å². The van der Waals surface area contributed by atoms with Gasteiger partial charge in [0.15, 0.2) is 0 Å². The first-order valence-corrected chi connectivity index (χ1v) is 9.50. The van der Waals surface area contributed by atoms with Gasteiger partial charge in [-0.2, -0.15) is 0 Å². The van der Waals surface area contributed by atoms with Crippen LogP contribution in [0.3, 0.4) is 0 Å². The van der Waals surface area contributed by atoms with Gasteiger partial charge in [-0.1, -0.05) is 23.7 Å². The summed E-state index contributed by atoms with van der Waals surface area (Å²) in [5, 5.41) is 1.31. The van der Waals surface area contributed by atoms with Crippen LogP contribution in [0.2, 0.25) is 5.02 Å². The molecule has 5 nitrogen and oxygen atoms in total. The Morgan fingerprint density at radius 2 is 2.12 bits per heavy atom. The van der Waals surface area contributed by atoms with E-state index in [2.05, 4.69) is 4.98 Å². The number of halogens is 1. The number of aromatic nitrogens is 2. The maximum atomic E-state index is 12.7. The lowest BCUT2D eigenvalue weighted by atomic mass is 10.2. The van der Waals surface area contributed by atoms with E-state index >= 15 is 0 Å². The van der Waals surface area contributed by atoms with Gasteiger partial charge in [-0.15, -0.1) is 11.3 Å². The van der Waals surface area contributed by atoms with Gasteiger partial charge in [-0.3, -0.25) is 14.2 Å². The Labute approximate surface area is 160 Å². The number of rotatable bonds is 5. The minimum atomic E-state index is -0.0813. The first-order valence-electron chi connectivity index (χ1n) is 8.30. The Balaban J connectivity index is 1.69. The van der Waals surface area contributed by atoms with Crippen LogP contribution in [0.4, 0.5) is 0 Å². The zero-order valence-electron chi connectivity index (χ0n) is 15.0. The molecule has 0 aliphatic rings. The number of thiophene rings is 1. The highest BCUT2D eigenvalue weighted by molar-refractivity contribution is 7.18. The Morgan fingerprint density at radius 3 is 2.85 bits per heavy atom. The van der Waals surface area contributed by atoms with Crippen molar-refractivity contribution >= 4 is 39.1 Å². The fourth-order valence-electron chi connectivity index (χ4n) is 2.83. The summed E-state index contributed by atoms with van der Waals surface area (Å²) < 4.78 is 1.52. The van der Waals surface area contributed by atoms with E-state index in [0.29, 0.717) is 23.5 Å². The molecule has 0 unspecified atom stereocenters. The van der Waals surface area contributed by atoms with Crippen molar-refractivity contribution in [2.75, 3.05) is 7.05 Å². The Kier molecular flexibility index (Phi) is 5.44. The minimum absolute atomic E-state index is 0.0322. The maximum Gasteiger partial charge on any atom is 0.262 e. The summed E-state index contributed by atoms with van der Waals surface area (Å²) in [5.74, 6) is -0.0322. The summed E-state index contributed by atoms with van der Waals surface area (Å²) in [6.07, 6.45) is 1.77. The van der Waals surface area contributed by atoms with Crippen LogP contribution in [-0.4, -0.2) is 27.4 Å². The minimum Gasteiger partial charge on any atom is -0.341 e. The standard InChI is InChI=1S/C19H20ClN3O2S/c1-12-13(2)26-18-17(12)19(25)23(11-21-18)8-7-16(24)22(3)10-14-5-4-6-15(20)9-14/h4-6,9,11H,7-8,10H2,1-3H3. The van der Waals surface area contributed by atoms with Crippen LogP contribution < -0.4 is 5.56 Å². The topological polar surface area (TPSA) is 55.2 Å². The van der Waals surface area contributed by atoms with E-state index in [-0.39, 0.29) is 17.9 Å². The zero-order chi connectivity index (χ0) is 18.8. The number of benzene rings is 1. The molecule has 26 heavy (non-hydrogen) atoms. The number of fused-ring (bicyclic) bond motifs is 1. The van der Waals surface area contributed by atoms with Crippen LogP contribution in [-0.2, 0) is 17.9 Å². The van der Waals surface area contributed by atoms with Crippen LogP contribution in [0.5, 0.6) is 0 Å². The van der Waals surface area contributed by atoms with Crippen molar-refractivity contribution < 1.29 is 4.79 Å². The second kappa shape index (κ2) is 7.60. The van der Waals surface area contributed by atoms with E-state index in [0.717, 1.165) is 20.8 Å². The molecular weight excluding hydrogens is 370 g/mol. The molecule has 7 heteroatoms. The molecule has 0 aliphatic carbocycles. The third kappa shape index (κ3) is 3.81. The molecule has 1 aromatic carbocycles. The average Bonchev–Trinajstić information content (AvgIpc) is 2.89. The fourth-order valence-corrected chi connectivity index (χ4v) is 4.03. The highest BCUT2D eigenvalue weighted by atomic mass is 35.5. The largest absolute Gasteiger partial charge is 0.341 e. The number of amides is 1. The molecule has 0 fully saturated rings. The highest BCUT2D eigenvalue weighted by Crippen LogP contribution is 2.25. The van der Waals surface area contributed by atoms with E-state index in [1.54, 1.807) is 18.0 Å². The van der Waals surface area contributed by atoms with E-state index < -0.39 is 0 Å². The monoisotopic (exact) mass is 389 g/mol. The van der Waals surface area contributed by atoms with Crippen molar-refractivity contribution in [3.8, 4) is 0 Å². The summed E-state index contributed by atoms with van der Waals surface area (Å²) in [4.78, 5) is 32.9. The summed E-state index contributed by atoms with van der Waals surface area (Å²) in [6, 6.07) is 7.44. The van der Waals surface area contributed by atoms with Gasteiger partial charge in [0.05, 0.1) is 11.7 Å². The number of carbonyl (C=O) groups is 1. The predicted molar refractivity (Wildman–Crippen MR) is 106 cm³/mol. The van der Waals surface area contributed by atoms with Crippen LogP contribution in [0.25, 0.3) is 10.2 Å². The predicted octanol–water partition coefficient (Wildman–Crippen LogP) is 3.78. The summed E-state index contributed by atoms with van der Waals surface area (Å²) >= 11 is 7.50. The molecule has 3 aromatic rings. The third-order valence-electron chi connectivity index (χ3n) is 4.46. The van der Waals surface area contributed by atoms with Crippen LogP contribution in [0.15, 0.2) is 35.4 Å².